The van der Waals surface area contributed by atoms with E-state index in [0.29, 0.717) is 12.1 Å². The van der Waals surface area contributed by atoms with Gasteiger partial charge in [-0.05, 0) is 32.0 Å². The number of fused-ring (bicyclic) bond motifs is 1. The van der Waals surface area contributed by atoms with Crippen LogP contribution in [-0.2, 0) is 0 Å². The predicted octanol–water partition coefficient (Wildman–Crippen LogP) is 1.03. The van der Waals surface area contributed by atoms with Crippen LogP contribution in [0.5, 0.6) is 5.75 Å². The van der Waals surface area contributed by atoms with E-state index in [2.05, 4.69) is 10.6 Å². The number of hydrogen-bond donors (Lipinski definition) is 3. The Morgan fingerprint density at radius 2 is 2.42 bits per heavy atom. The van der Waals surface area contributed by atoms with Crippen LogP contribution < -0.4 is 15.4 Å². The topological polar surface area (TPSA) is 70.6 Å². The van der Waals surface area contributed by atoms with Crippen molar-refractivity contribution < 1.29 is 14.6 Å². The minimum atomic E-state index is -0.451. The van der Waals surface area contributed by atoms with Crippen molar-refractivity contribution >= 4 is 11.5 Å². The largest absolute Gasteiger partial charge is 0.487 e. The first-order chi connectivity index (χ1) is 9.06. The second-order valence-corrected chi connectivity index (χ2v) is 4.92. The highest BCUT2D eigenvalue weighted by atomic mass is 16.5. The Morgan fingerprint density at radius 3 is 3.16 bits per heavy atom. The van der Waals surface area contributed by atoms with Gasteiger partial charge in [0.2, 0.25) is 0 Å². The zero-order chi connectivity index (χ0) is 13.8. The summed E-state index contributed by atoms with van der Waals surface area (Å²) >= 11 is 0. The fourth-order valence-electron chi connectivity index (χ4n) is 1.95. The lowest BCUT2D eigenvalue weighted by molar-refractivity contribution is 0.0985. The molecule has 1 aliphatic rings. The average molecular weight is 264 g/mol. The summed E-state index contributed by atoms with van der Waals surface area (Å²) in [5.74, 6) is 0.788. The van der Waals surface area contributed by atoms with Crippen LogP contribution in [0.3, 0.4) is 0 Å². The molecule has 0 bridgehead atoms. The monoisotopic (exact) mass is 264 g/mol. The zero-order valence-corrected chi connectivity index (χ0v) is 11.3. The molecule has 19 heavy (non-hydrogen) atoms. The molecule has 0 amide bonds. The number of aliphatic hydroxyl groups is 1. The van der Waals surface area contributed by atoms with E-state index in [4.69, 9.17) is 9.84 Å². The summed E-state index contributed by atoms with van der Waals surface area (Å²) in [7, 11) is 0. The molecule has 3 N–H and O–H groups in total. The van der Waals surface area contributed by atoms with E-state index in [1.165, 1.54) is 0 Å². The lowest BCUT2D eigenvalue weighted by Gasteiger charge is -2.25. The molecule has 5 heteroatoms. The highest BCUT2D eigenvalue weighted by Crippen LogP contribution is 2.29. The number of aliphatic hydroxyl groups excluding tert-OH is 1. The lowest BCUT2D eigenvalue weighted by Crippen LogP contribution is -2.30. The van der Waals surface area contributed by atoms with Crippen molar-refractivity contribution in [3.63, 3.8) is 0 Å². The first-order valence-electron chi connectivity index (χ1n) is 6.53. The molecule has 2 rings (SSSR count). The summed E-state index contributed by atoms with van der Waals surface area (Å²) in [6.07, 6.45) is -0.311. The Bertz CT molecular complexity index is 460. The van der Waals surface area contributed by atoms with Crippen LogP contribution in [0.15, 0.2) is 18.2 Å². The number of anilines is 1. The van der Waals surface area contributed by atoms with Gasteiger partial charge in [0.05, 0.1) is 24.9 Å². The first-order valence-corrected chi connectivity index (χ1v) is 6.53. The lowest BCUT2D eigenvalue weighted by atomic mass is 10.1. The van der Waals surface area contributed by atoms with Crippen molar-refractivity contribution in [1.29, 1.82) is 0 Å². The molecule has 5 nitrogen and oxygen atoms in total. The van der Waals surface area contributed by atoms with Crippen molar-refractivity contribution in [3.8, 4) is 5.75 Å². The Labute approximate surface area is 113 Å². The van der Waals surface area contributed by atoms with Crippen molar-refractivity contribution in [2.75, 3.05) is 25.0 Å². The molecule has 1 aromatic carbocycles. The fourth-order valence-corrected chi connectivity index (χ4v) is 1.95. The van der Waals surface area contributed by atoms with E-state index < -0.39 is 6.10 Å². The Kier molecular flexibility index (Phi) is 4.39. The molecular weight excluding hydrogens is 244 g/mol. The molecule has 104 valence electrons. The standard InChI is InChI=1S/C14H20N2O3/c1-9(17)6-15-8-13(18)11-3-4-14-12(5-11)16-7-10(2)19-14/h3-5,9-10,15-17H,6-8H2,1-2H3. The predicted molar refractivity (Wildman–Crippen MR) is 73.9 cm³/mol. The molecule has 0 aromatic heterocycles. The summed E-state index contributed by atoms with van der Waals surface area (Å²) in [5.41, 5.74) is 1.50. The highest BCUT2D eigenvalue weighted by molar-refractivity contribution is 5.98. The quantitative estimate of drug-likeness (QED) is 0.693. The van der Waals surface area contributed by atoms with E-state index in [1.807, 2.05) is 19.1 Å². The van der Waals surface area contributed by atoms with E-state index in [-0.39, 0.29) is 18.4 Å². The Morgan fingerprint density at radius 1 is 1.63 bits per heavy atom. The number of rotatable bonds is 5. The van der Waals surface area contributed by atoms with Crippen LogP contribution in [0, 0.1) is 0 Å². The van der Waals surface area contributed by atoms with E-state index in [1.54, 1.807) is 13.0 Å². The molecule has 1 aliphatic heterocycles. The van der Waals surface area contributed by atoms with Gasteiger partial charge in [-0.1, -0.05) is 0 Å². The Hall–Kier alpha value is -1.59. The Balaban J connectivity index is 1.99. The number of hydrogen-bond acceptors (Lipinski definition) is 5. The first kappa shape index (κ1) is 13.8. The van der Waals surface area contributed by atoms with Crippen LogP contribution in [0.2, 0.25) is 0 Å². The number of nitrogens with one attached hydrogen (secondary N) is 2. The van der Waals surface area contributed by atoms with Gasteiger partial charge in [0.1, 0.15) is 11.9 Å². The molecule has 0 saturated carbocycles. The number of benzene rings is 1. The normalized spacial score (nSPS) is 19.0. The van der Waals surface area contributed by atoms with Crippen LogP contribution in [0.25, 0.3) is 0 Å². The van der Waals surface area contributed by atoms with Gasteiger partial charge in [0.25, 0.3) is 0 Å². The van der Waals surface area contributed by atoms with E-state index in [0.717, 1.165) is 18.0 Å². The molecule has 0 radical (unpaired) electrons. The third-order valence-corrected chi connectivity index (χ3v) is 2.93. The maximum atomic E-state index is 12.0. The SMILES string of the molecule is CC(O)CNCC(=O)c1ccc2c(c1)NCC(C)O2. The fraction of sp³-hybridized carbons (Fsp3) is 0.500. The molecule has 0 aliphatic carbocycles. The van der Waals surface area contributed by atoms with Crippen LogP contribution in [0.4, 0.5) is 5.69 Å². The van der Waals surface area contributed by atoms with Gasteiger partial charge in [-0.15, -0.1) is 0 Å². The minimum Gasteiger partial charge on any atom is -0.487 e. The molecule has 0 spiro atoms. The van der Waals surface area contributed by atoms with Crippen molar-refractivity contribution in [3.05, 3.63) is 23.8 Å². The van der Waals surface area contributed by atoms with Crippen LogP contribution >= 0.6 is 0 Å². The smallest absolute Gasteiger partial charge is 0.176 e. The van der Waals surface area contributed by atoms with E-state index in [9.17, 15) is 4.79 Å². The van der Waals surface area contributed by atoms with Gasteiger partial charge >= 0.3 is 0 Å². The average Bonchev–Trinajstić information content (AvgIpc) is 2.37. The highest BCUT2D eigenvalue weighted by Gasteiger charge is 2.17. The second kappa shape index (κ2) is 6.04. The number of Topliss-reactive ketones (excluding diaryl/α,β-unsaturated/α-hetero) is 1. The third kappa shape index (κ3) is 3.68. The molecule has 0 fully saturated rings. The van der Waals surface area contributed by atoms with Gasteiger partial charge < -0.3 is 20.5 Å². The molecule has 2 unspecified atom stereocenters. The van der Waals surface area contributed by atoms with Crippen LogP contribution in [-0.4, -0.2) is 42.7 Å². The van der Waals surface area contributed by atoms with Gasteiger partial charge in [-0.3, -0.25) is 4.79 Å². The van der Waals surface area contributed by atoms with E-state index >= 15 is 0 Å². The summed E-state index contributed by atoms with van der Waals surface area (Å²) in [6.45, 7) is 5.05. The molecular formula is C14H20N2O3. The van der Waals surface area contributed by atoms with Gasteiger partial charge in [-0.2, -0.15) is 0 Å². The van der Waals surface area contributed by atoms with Crippen molar-refractivity contribution in [1.82, 2.24) is 5.32 Å². The number of carbonyl (C=O) groups excluding carboxylic acids is 1. The van der Waals surface area contributed by atoms with Gasteiger partial charge in [0.15, 0.2) is 5.78 Å². The minimum absolute atomic E-state index is 0.00359. The zero-order valence-electron chi connectivity index (χ0n) is 11.3. The van der Waals surface area contributed by atoms with Gasteiger partial charge in [-0.25, -0.2) is 0 Å². The van der Waals surface area contributed by atoms with Crippen LogP contribution in [0.1, 0.15) is 24.2 Å². The summed E-state index contributed by atoms with van der Waals surface area (Å²) < 4.78 is 5.66. The maximum absolute atomic E-state index is 12.0. The maximum Gasteiger partial charge on any atom is 0.176 e. The molecule has 2 atom stereocenters. The second-order valence-electron chi connectivity index (χ2n) is 4.92. The molecule has 1 heterocycles. The summed E-state index contributed by atoms with van der Waals surface area (Å²) in [6, 6.07) is 5.40. The summed E-state index contributed by atoms with van der Waals surface area (Å²) in [5, 5.41) is 15.3. The summed E-state index contributed by atoms with van der Waals surface area (Å²) in [4.78, 5) is 12.0. The van der Waals surface area contributed by atoms with Gasteiger partial charge in [0, 0.05) is 12.1 Å². The van der Waals surface area contributed by atoms with Crippen molar-refractivity contribution in [2.45, 2.75) is 26.1 Å². The van der Waals surface area contributed by atoms with Crippen molar-refractivity contribution in [2.24, 2.45) is 0 Å². The molecule has 0 saturated heterocycles. The number of ether oxygens (including phenoxy) is 1. The number of ketones is 1. The molecule has 1 aromatic rings. The number of carbonyl (C=O) groups is 1. The third-order valence-electron chi connectivity index (χ3n) is 2.93.